The smallest absolute Gasteiger partial charge is 0.120 e. The van der Waals surface area contributed by atoms with Gasteiger partial charge in [0.25, 0.3) is 0 Å². The minimum absolute atomic E-state index is 0.0446. The van der Waals surface area contributed by atoms with E-state index < -0.39 is 0 Å². The molecule has 0 saturated carbocycles. The quantitative estimate of drug-likeness (QED) is 0.843. The Balaban J connectivity index is 2.88. The molecule has 0 radical (unpaired) electrons. The van der Waals surface area contributed by atoms with Gasteiger partial charge >= 0.3 is 0 Å². The maximum Gasteiger partial charge on any atom is 0.120 e. The molecule has 0 bridgehead atoms. The third-order valence-corrected chi connectivity index (χ3v) is 2.77. The average molecular weight is 237 g/mol. The van der Waals surface area contributed by atoms with Gasteiger partial charge in [-0.15, -0.1) is 0 Å². The van der Waals surface area contributed by atoms with Crippen LogP contribution in [0.3, 0.4) is 0 Å². The zero-order valence-corrected chi connectivity index (χ0v) is 11.2. The number of aliphatic hydroxyl groups is 1. The largest absolute Gasteiger partial charge is 0.488 e. The Morgan fingerprint density at radius 1 is 1.12 bits per heavy atom. The Bertz CT molecular complexity index is 347. The van der Waals surface area contributed by atoms with Crippen molar-refractivity contribution >= 4 is 0 Å². The highest BCUT2D eigenvalue weighted by atomic mass is 16.5. The van der Waals surface area contributed by atoms with Gasteiger partial charge < -0.3 is 15.6 Å². The molecular weight excluding hydrogens is 214 g/mol. The Hall–Kier alpha value is -1.06. The van der Waals surface area contributed by atoms with E-state index in [0.717, 1.165) is 11.3 Å². The first-order valence-electron chi connectivity index (χ1n) is 5.91. The minimum atomic E-state index is -0.375. The zero-order chi connectivity index (χ0) is 13.1. The van der Waals surface area contributed by atoms with Gasteiger partial charge in [0.15, 0.2) is 0 Å². The van der Waals surface area contributed by atoms with Crippen molar-refractivity contribution in [3.8, 4) is 5.75 Å². The van der Waals surface area contributed by atoms with Crippen molar-refractivity contribution in [2.24, 2.45) is 5.73 Å². The highest BCUT2D eigenvalue weighted by Crippen LogP contribution is 2.25. The van der Waals surface area contributed by atoms with Gasteiger partial charge in [0.2, 0.25) is 0 Å². The summed E-state index contributed by atoms with van der Waals surface area (Å²) in [6.45, 7) is 8.45. The molecule has 0 amide bonds. The highest BCUT2D eigenvalue weighted by Gasteiger charge is 2.24. The van der Waals surface area contributed by atoms with Crippen LogP contribution in [0.1, 0.15) is 33.3 Å². The molecule has 3 heteroatoms. The van der Waals surface area contributed by atoms with Gasteiger partial charge in [-0.3, -0.25) is 0 Å². The van der Waals surface area contributed by atoms with Gasteiger partial charge in [-0.25, -0.2) is 0 Å². The summed E-state index contributed by atoms with van der Waals surface area (Å²) in [7, 11) is 0. The zero-order valence-electron chi connectivity index (χ0n) is 11.2. The topological polar surface area (TPSA) is 55.5 Å². The fourth-order valence-corrected chi connectivity index (χ4v) is 1.55. The summed E-state index contributed by atoms with van der Waals surface area (Å²) in [6, 6.07) is 7.77. The first-order chi connectivity index (χ1) is 7.80. The first kappa shape index (κ1) is 14.0. The van der Waals surface area contributed by atoms with Gasteiger partial charge in [0, 0.05) is 12.0 Å². The maximum absolute atomic E-state index is 9.38. The second-order valence-corrected chi connectivity index (χ2v) is 5.66. The molecule has 1 aromatic rings. The van der Waals surface area contributed by atoms with E-state index in [2.05, 4.69) is 0 Å². The molecule has 0 saturated heterocycles. The van der Waals surface area contributed by atoms with Crippen molar-refractivity contribution in [3.63, 3.8) is 0 Å². The van der Waals surface area contributed by atoms with Crippen molar-refractivity contribution in [1.82, 2.24) is 0 Å². The summed E-state index contributed by atoms with van der Waals surface area (Å²) >= 11 is 0. The van der Waals surface area contributed by atoms with Crippen LogP contribution in [-0.2, 0) is 5.41 Å². The normalized spacial score (nSPS) is 15.4. The highest BCUT2D eigenvalue weighted by molar-refractivity contribution is 5.32. The van der Waals surface area contributed by atoms with Gasteiger partial charge in [-0.1, -0.05) is 19.1 Å². The summed E-state index contributed by atoms with van der Waals surface area (Å²) in [6.07, 6.45) is 0. The third kappa shape index (κ3) is 3.72. The van der Waals surface area contributed by atoms with Crippen LogP contribution in [-0.4, -0.2) is 23.9 Å². The lowest BCUT2D eigenvalue weighted by atomic mass is 9.83. The predicted octanol–water partition coefficient (Wildman–Crippen LogP) is 2.07. The molecule has 96 valence electrons. The molecule has 1 rings (SSSR count). The van der Waals surface area contributed by atoms with Crippen molar-refractivity contribution in [2.75, 3.05) is 13.2 Å². The monoisotopic (exact) mass is 237 g/mol. The number of ether oxygens (including phenoxy) is 1. The number of benzene rings is 1. The average Bonchev–Trinajstić information content (AvgIpc) is 2.27. The van der Waals surface area contributed by atoms with Crippen molar-refractivity contribution < 1.29 is 9.84 Å². The lowest BCUT2D eigenvalue weighted by Crippen LogP contribution is -2.35. The fraction of sp³-hybridized carbons (Fsp3) is 0.571. The van der Waals surface area contributed by atoms with Crippen LogP contribution in [0.5, 0.6) is 5.75 Å². The van der Waals surface area contributed by atoms with Crippen molar-refractivity contribution in [1.29, 1.82) is 0 Å². The number of hydrogen-bond acceptors (Lipinski definition) is 3. The van der Waals surface area contributed by atoms with E-state index in [1.807, 2.05) is 52.0 Å². The molecule has 0 heterocycles. The standard InChI is InChI=1S/C14H23NO2/c1-13(2,3)17-12-7-5-11(6-8-12)14(4,9-15)10-16/h5-8,16H,9-10,15H2,1-4H3. The molecule has 17 heavy (non-hydrogen) atoms. The van der Waals surface area contributed by atoms with Crippen LogP contribution >= 0.6 is 0 Å². The molecular formula is C14H23NO2. The first-order valence-corrected chi connectivity index (χ1v) is 5.91. The van der Waals surface area contributed by atoms with E-state index in [0.29, 0.717) is 6.54 Å². The molecule has 0 aliphatic carbocycles. The summed E-state index contributed by atoms with van der Waals surface area (Å²) in [5, 5.41) is 9.38. The molecule has 0 fully saturated rings. The lowest BCUT2D eigenvalue weighted by Gasteiger charge is -2.27. The molecule has 0 spiro atoms. The number of hydrogen-bond donors (Lipinski definition) is 2. The Kier molecular flexibility index (Phi) is 4.17. The van der Waals surface area contributed by atoms with E-state index in [9.17, 15) is 5.11 Å². The van der Waals surface area contributed by atoms with E-state index in [1.54, 1.807) is 0 Å². The Morgan fingerprint density at radius 3 is 2.00 bits per heavy atom. The van der Waals surface area contributed by atoms with Crippen molar-refractivity contribution in [3.05, 3.63) is 29.8 Å². The summed E-state index contributed by atoms with van der Waals surface area (Å²) in [5.41, 5.74) is 6.16. The molecule has 0 aliphatic heterocycles. The number of nitrogens with two attached hydrogens (primary N) is 1. The summed E-state index contributed by atoms with van der Waals surface area (Å²) in [4.78, 5) is 0. The predicted molar refractivity (Wildman–Crippen MR) is 70.3 cm³/mol. The van der Waals surface area contributed by atoms with Crippen LogP contribution in [0.4, 0.5) is 0 Å². The van der Waals surface area contributed by atoms with Crippen LogP contribution < -0.4 is 10.5 Å². The SMILES string of the molecule is CC(C)(C)Oc1ccc(C(C)(CN)CO)cc1. The van der Waals surface area contributed by atoms with Crippen LogP contribution in [0.25, 0.3) is 0 Å². The Morgan fingerprint density at radius 2 is 1.65 bits per heavy atom. The van der Waals surface area contributed by atoms with Gasteiger partial charge in [0.05, 0.1) is 6.61 Å². The molecule has 1 aromatic carbocycles. The number of aliphatic hydroxyl groups excluding tert-OH is 1. The fourth-order valence-electron chi connectivity index (χ4n) is 1.55. The Labute approximate surface area is 104 Å². The van der Waals surface area contributed by atoms with Crippen LogP contribution in [0.2, 0.25) is 0 Å². The molecule has 3 N–H and O–H groups in total. The van der Waals surface area contributed by atoms with E-state index >= 15 is 0 Å². The van der Waals surface area contributed by atoms with E-state index in [-0.39, 0.29) is 17.6 Å². The summed E-state index contributed by atoms with van der Waals surface area (Å²) < 4.78 is 5.74. The van der Waals surface area contributed by atoms with Gasteiger partial charge in [-0.05, 0) is 38.5 Å². The maximum atomic E-state index is 9.38. The lowest BCUT2D eigenvalue weighted by molar-refractivity contribution is 0.131. The second-order valence-electron chi connectivity index (χ2n) is 5.66. The number of rotatable bonds is 4. The molecule has 0 aliphatic rings. The van der Waals surface area contributed by atoms with E-state index in [4.69, 9.17) is 10.5 Å². The van der Waals surface area contributed by atoms with Crippen LogP contribution in [0, 0.1) is 0 Å². The second kappa shape index (κ2) is 5.07. The molecule has 1 atom stereocenters. The minimum Gasteiger partial charge on any atom is -0.488 e. The van der Waals surface area contributed by atoms with Gasteiger partial charge in [0.1, 0.15) is 11.4 Å². The van der Waals surface area contributed by atoms with Crippen LogP contribution in [0.15, 0.2) is 24.3 Å². The summed E-state index contributed by atoms with van der Waals surface area (Å²) in [5.74, 6) is 0.832. The third-order valence-electron chi connectivity index (χ3n) is 2.77. The van der Waals surface area contributed by atoms with E-state index in [1.165, 1.54) is 0 Å². The molecule has 0 aromatic heterocycles. The molecule has 1 unspecified atom stereocenters. The van der Waals surface area contributed by atoms with Crippen molar-refractivity contribution in [2.45, 2.75) is 38.7 Å². The molecule has 3 nitrogen and oxygen atoms in total. The van der Waals surface area contributed by atoms with Gasteiger partial charge in [-0.2, -0.15) is 0 Å².